The summed E-state index contributed by atoms with van der Waals surface area (Å²) >= 11 is 6.21. The Kier molecular flexibility index (Phi) is 7.87. The zero-order valence-corrected chi connectivity index (χ0v) is 20.9. The predicted octanol–water partition coefficient (Wildman–Crippen LogP) is 4.14. The van der Waals surface area contributed by atoms with Gasteiger partial charge in [0, 0.05) is 31.0 Å². The molecule has 2 heterocycles. The number of carbonyl (C=O) groups excluding carboxylic acids is 2. The van der Waals surface area contributed by atoms with Crippen LogP contribution in [0.2, 0.25) is 5.02 Å². The first-order chi connectivity index (χ1) is 15.6. The highest BCUT2D eigenvalue weighted by Crippen LogP contribution is 2.28. The van der Waals surface area contributed by atoms with Gasteiger partial charge in [-0.3, -0.25) is 4.79 Å². The maximum Gasteiger partial charge on any atom is 0.340 e. The van der Waals surface area contributed by atoms with E-state index in [1.54, 1.807) is 6.07 Å². The summed E-state index contributed by atoms with van der Waals surface area (Å²) in [5, 5.41) is 2.77. The molecule has 2 aromatic rings. The van der Waals surface area contributed by atoms with Crippen molar-refractivity contribution in [2.24, 2.45) is 0 Å². The molecule has 8 nitrogen and oxygen atoms in total. The standard InChI is InChI=1S/C23H30ClN3O5S/c1-5-27-15(2)13-19(16(27)3)23(29)32-17(4)22(28)25-21-14-18(9-10-20(21)24)33(30,31)26-11-7-6-8-12-26/h9-10,13-14,17H,5-8,11-12H2,1-4H3,(H,25,28). The van der Waals surface area contributed by atoms with Gasteiger partial charge in [0.25, 0.3) is 5.91 Å². The topological polar surface area (TPSA) is 97.7 Å². The highest BCUT2D eigenvalue weighted by atomic mass is 35.5. The minimum absolute atomic E-state index is 0.0563. The quantitative estimate of drug-likeness (QED) is 0.582. The number of nitrogens with zero attached hydrogens (tertiary/aromatic N) is 2. The fraction of sp³-hybridized carbons (Fsp3) is 0.478. The minimum atomic E-state index is -3.69. The number of sulfonamides is 1. The third kappa shape index (κ3) is 5.42. The molecular formula is C23H30ClN3O5S. The fourth-order valence-electron chi connectivity index (χ4n) is 4.02. The van der Waals surface area contributed by atoms with Crippen LogP contribution in [-0.2, 0) is 26.1 Å². The van der Waals surface area contributed by atoms with Crippen molar-refractivity contribution >= 4 is 39.2 Å². The number of benzene rings is 1. The van der Waals surface area contributed by atoms with Crippen molar-refractivity contribution in [1.29, 1.82) is 0 Å². The number of hydrogen-bond acceptors (Lipinski definition) is 5. The van der Waals surface area contributed by atoms with Crippen molar-refractivity contribution in [3.63, 3.8) is 0 Å². The molecule has 1 amide bonds. The van der Waals surface area contributed by atoms with Gasteiger partial charge in [-0.1, -0.05) is 18.0 Å². The van der Waals surface area contributed by atoms with Crippen LogP contribution in [-0.4, -0.2) is 48.4 Å². The number of anilines is 1. The van der Waals surface area contributed by atoms with E-state index in [-0.39, 0.29) is 15.6 Å². The van der Waals surface area contributed by atoms with E-state index in [1.807, 2.05) is 25.3 Å². The normalized spacial score (nSPS) is 15.8. The van der Waals surface area contributed by atoms with Gasteiger partial charge in [0.05, 0.1) is 21.2 Å². The molecule has 1 aliphatic heterocycles. The number of carbonyl (C=O) groups is 2. The van der Waals surface area contributed by atoms with E-state index < -0.39 is 28.0 Å². The average molecular weight is 496 g/mol. The Balaban J connectivity index is 1.73. The Morgan fingerprint density at radius 2 is 1.82 bits per heavy atom. The zero-order chi connectivity index (χ0) is 24.3. The predicted molar refractivity (Wildman–Crippen MR) is 127 cm³/mol. The van der Waals surface area contributed by atoms with Gasteiger partial charge in [0.1, 0.15) is 0 Å². The van der Waals surface area contributed by atoms with Gasteiger partial charge >= 0.3 is 5.97 Å². The molecule has 1 aromatic heterocycles. The smallest absolute Gasteiger partial charge is 0.340 e. The molecule has 0 saturated carbocycles. The van der Waals surface area contributed by atoms with Crippen molar-refractivity contribution in [3.8, 4) is 0 Å². The summed E-state index contributed by atoms with van der Waals surface area (Å²) in [5.41, 5.74) is 2.25. The van der Waals surface area contributed by atoms with Gasteiger partial charge in [-0.05, 0) is 64.8 Å². The molecule has 0 bridgehead atoms. The van der Waals surface area contributed by atoms with E-state index in [0.717, 1.165) is 37.2 Å². The van der Waals surface area contributed by atoms with Crippen molar-refractivity contribution in [2.45, 2.75) is 64.5 Å². The lowest BCUT2D eigenvalue weighted by molar-refractivity contribution is -0.123. The Hall–Kier alpha value is -2.36. The lowest BCUT2D eigenvalue weighted by Gasteiger charge is -2.26. The monoisotopic (exact) mass is 495 g/mol. The summed E-state index contributed by atoms with van der Waals surface area (Å²) in [4.78, 5) is 25.4. The molecule has 3 rings (SSSR count). The van der Waals surface area contributed by atoms with E-state index in [2.05, 4.69) is 5.32 Å². The van der Waals surface area contributed by atoms with E-state index in [4.69, 9.17) is 16.3 Å². The Morgan fingerprint density at radius 1 is 1.15 bits per heavy atom. The van der Waals surface area contributed by atoms with Crippen LogP contribution < -0.4 is 5.32 Å². The lowest BCUT2D eigenvalue weighted by atomic mass is 10.2. The second kappa shape index (κ2) is 10.3. The summed E-state index contributed by atoms with van der Waals surface area (Å²) in [5.74, 6) is -1.21. The average Bonchev–Trinajstić information content (AvgIpc) is 3.08. The molecule has 0 radical (unpaired) electrons. The van der Waals surface area contributed by atoms with Gasteiger partial charge in [0.2, 0.25) is 10.0 Å². The van der Waals surface area contributed by atoms with Gasteiger partial charge in [-0.2, -0.15) is 4.31 Å². The number of esters is 1. The first-order valence-corrected chi connectivity index (χ1v) is 12.9. The Bertz CT molecular complexity index is 1150. The molecule has 10 heteroatoms. The first kappa shape index (κ1) is 25.3. The van der Waals surface area contributed by atoms with Crippen molar-refractivity contribution < 1.29 is 22.7 Å². The van der Waals surface area contributed by atoms with E-state index in [9.17, 15) is 18.0 Å². The number of aromatic nitrogens is 1. The highest BCUT2D eigenvalue weighted by molar-refractivity contribution is 7.89. The van der Waals surface area contributed by atoms with Crippen molar-refractivity contribution in [2.75, 3.05) is 18.4 Å². The van der Waals surface area contributed by atoms with Gasteiger partial charge in [-0.15, -0.1) is 0 Å². The number of ether oxygens (including phenoxy) is 1. The Labute approximate surface area is 199 Å². The van der Waals surface area contributed by atoms with Crippen LogP contribution in [0.25, 0.3) is 0 Å². The summed E-state index contributed by atoms with van der Waals surface area (Å²) in [6.07, 6.45) is 1.53. The molecule has 0 spiro atoms. The fourth-order valence-corrected chi connectivity index (χ4v) is 5.73. The molecule has 0 aliphatic carbocycles. The molecular weight excluding hydrogens is 466 g/mol. The molecule has 1 N–H and O–H groups in total. The molecule has 1 saturated heterocycles. The van der Waals surface area contributed by atoms with Crippen LogP contribution >= 0.6 is 11.6 Å². The lowest BCUT2D eigenvalue weighted by Crippen LogP contribution is -2.35. The third-order valence-corrected chi connectivity index (χ3v) is 8.14. The molecule has 33 heavy (non-hydrogen) atoms. The molecule has 180 valence electrons. The SMILES string of the molecule is CCn1c(C)cc(C(=O)OC(C)C(=O)Nc2cc(S(=O)(=O)N3CCCCC3)ccc2Cl)c1C. The van der Waals surface area contributed by atoms with Crippen molar-refractivity contribution in [3.05, 3.63) is 46.2 Å². The molecule has 1 atom stereocenters. The minimum Gasteiger partial charge on any atom is -0.449 e. The number of rotatable bonds is 7. The van der Waals surface area contributed by atoms with Crippen LogP contribution in [0.5, 0.6) is 0 Å². The highest BCUT2D eigenvalue weighted by Gasteiger charge is 2.27. The van der Waals surface area contributed by atoms with Gasteiger partial charge in [-0.25, -0.2) is 13.2 Å². The number of nitrogens with one attached hydrogen (secondary N) is 1. The number of hydrogen-bond donors (Lipinski definition) is 1. The Morgan fingerprint density at radius 3 is 2.42 bits per heavy atom. The second-order valence-electron chi connectivity index (χ2n) is 8.17. The van der Waals surface area contributed by atoms with Crippen LogP contribution in [0.15, 0.2) is 29.2 Å². The largest absolute Gasteiger partial charge is 0.449 e. The summed E-state index contributed by atoms with van der Waals surface area (Å²) in [7, 11) is -3.69. The number of halogens is 1. The second-order valence-corrected chi connectivity index (χ2v) is 10.5. The molecule has 1 aliphatic rings. The van der Waals surface area contributed by atoms with Crippen LogP contribution in [0.4, 0.5) is 5.69 Å². The van der Waals surface area contributed by atoms with Gasteiger partial charge in [0.15, 0.2) is 6.10 Å². The van der Waals surface area contributed by atoms with E-state index >= 15 is 0 Å². The van der Waals surface area contributed by atoms with Crippen LogP contribution in [0.3, 0.4) is 0 Å². The molecule has 1 unspecified atom stereocenters. The van der Waals surface area contributed by atoms with Crippen molar-refractivity contribution in [1.82, 2.24) is 8.87 Å². The maximum atomic E-state index is 13.0. The number of piperidine rings is 1. The maximum absolute atomic E-state index is 13.0. The molecule has 1 aromatic carbocycles. The van der Waals surface area contributed by atoms with Gasteiger partial charge < -0.3 is 14.6 Å². The summed E-state index contributed by atoms with van der Waals surface area (Å²) in [6, 6.07) is 5.93. The van der Waals surface area contributed by atoms with Crippen LogP contribution in [0, 0.1) is 13.8 Å². The molecule has 1 fully saturated rings. The number of aryl methyl sites for hydroxylation is 1. The third-order valence-electron chi connectivity index (χ3n) is 5.91. The first-order valence-electron chi connectivity index (χ1n) is 11.0. The summed E-state index contributed by atoms with van der Waals surface area (Å²) in [6.45, 7) is 8.82. The van der Waals surface area contributed by atoms with E-state index in [0.29, 0.717) is 18.7 Å². The zero-order valence-electron chi connectivity index (χ0n) is 19.4. The summed E-state index contributed by atoms with van der Waals surface area (Å²) < 4.78 is 34.7. The van der Waals surface area contributed by atoms with Crippen LogP contribution in [0.1, 0.15) is 54.9 Å². The number of amides is 1. The van der Waals surface area contributed by atoms with E-state index in [1.165, 1.54) is 29.4 Å².